The van der Waals surface area contributed by atoms with Gasteiger partial charge in [-0.25, -0.2) is 9.37 Å². The number of benzene rings is 2. The van der Waals surface area contributed by atoms with Crippen LogP contribution in [-0.2, 0) is 4.79 Å². The lowest BCUT2D eigenvalue weighted by Crippen LogP contribution is -2.40. The molecule has 0 spiro atoms. The first kappa shape index (κ1) is 22.7. The third kappa shape index (κ3) is 4.76. The number of likely N-dealkylation sites (N-methyl/N-ethyl adjacent to an activating group) is 1. The van der Waals surface area contributed by atoms with E-state index in [1.165, 1.54) is 6.07 Å². The van der Waals surface area contributed by atoms with Crippen LogP contribution < -0.4 is 19.5 Å². The average Bonchev–Trinajstić information content (AvgIpc) is 3.34. The molecular formula is C26H25FN4O4. The molecule has 0 bridgehead atoms. The normalized spacial score (nSPS) is 14.8. The van der Waals surface area contributed by atoms with E-state index in [2.05, 4.69) is 15.3 Å². The van der Waals surface area contributed by atoms with Crippen LogP contribution in [-0.4, -0.2) is 60.7 Å². The van der Waals surface area contributed by atoms with Crippen molar-refractivity contribution >= 4 is 22.6 Å². The molecule has 2 aromatic carbocycles. The summed E-state index contributed by atoms with van der Waals surface area (Å²) in [4.78, 5) is 22.3. The number of carbonyl (C=O) groups is 1. The number of H-pyrrole nitrogens is 1. The lowest BCUT2D eigenvalue weighted by atomic mass is 10.0. The SMILES string of the molecule is CN(C)CCOc1cc(-c2ccnc3[nH]ccc23)c(F)cc1NC(=O)C1COc2ccccc2O1. The number of anilines is 1. The van der Waals surface area contributed by atoms with Gasteiger partial charge in [0.15, 0.2) is 11.5 Å². The van der Waals surface area contributed by atoms with Crippen LogP contribution in [0.1, 0.15) is 0 Å². The van der Waals surface area contributed by atoms with Gasteiger partial charge in [0.1, 0.15) is 30.4 Å². The molecule has 4 aromatic rings. The third-order valence-electron chi connectivity index (χ3n) is 5.67. The Balaban J connectivity index is 1.45. The van der Waals surface area contributed by atoms with Crippen LogP contribution in [0, 0.1) is 5.82 Å². The van der Waals surface area contributed by atoms with Crippen molar-refractivity contribution in [1.29, 1.82) is 0 Å². The van der Waals surface area contributed by atoms with Gasteiger partial charge in [-0.2, -0.15) is 0 Å². The summed E-state index contributed by atoms with van der Waals surface area (Å²) in [5, 5.41) is 3.55. The number of rotatable bonds is 7. The summed E-state index contributed by atoms with van der Waals surface area (Å²) in [6.45, 7) is 1.05. The summed E-state index contributed by atoms with van der Waals surface area (Å²) in [7, 11) is 3.86. The van der Waals surface area contributed by atoms with E-state index < -0.39 is 17.8 Å². The quantitative estimate of drug-likeness (QED) is 0.418. The van der Waals surface area contributed by atoms with Crippen LogP contribution in [0.4, 0.5) is 10.1 Å². The number of fused-ring (bicyclic) bond motifs is 2. The topological polar surface area (TPSA) is 88.7 Å². The summed E-state index contributed by atoms with van der Waals surface area (Å²) in [6.07, 6.45) is 2.49. The minimum absolute atomic E-state index is 0.0444. The van der Waals surface area contributed by atoms with Crippen molar-refractivity contribution < 1.29 is 23.4 Å². The fourth-order valence-corrected chi connectivity index (χ4v) is 3.87. The van der Waals surface area contributed by atoms with E-state index in [-0.39, 0.29) is 12.3 Å². The molecule has 0 saturated carbocycles. The Kier molecular flexibility index (Phi) is 6.24. The molecule has 0 aliphatic carbocycles. The number of hydrogen-bond donors (Lipinski definition) is 2. The number of aromatic amines is 1. The first-order valence-electron chi connectivity index (χ1n) is 11.2. The van der Waals surface area contributed by atoms with Gasteiger partial charge in [-0.15, -0.1) is 0 Å². The van der Waals surface area contributed by atoms with Crippen molar-refractivity contribution in [2.45, 2.75) is 6.10 Å². The molecule has 0 saturated heterocycles. The van der Waals surface area contributed by atoms with E-state index in [1.807, 2.05) is 31.1 Å². The molecule has 180 valence electrons. The van der Waals surface area contributed by atoms with Crippen LogP contribution >= 0.6 is 0 Å². The van der Waals surface area contributed by atoms with Crippen molar-refractivity contribution in [2.24, 2.45) is 0 Å². The predicted molar refractivity (Wildman–Crippen MR) is 131 cm³/mol. The van der Waals surface area contributed by atoms with E-state index >= 15 is 4.39 Å². The van der Waals surface area contributed by atoms with Gasteiger partial charge in [-0.3, -0.25) is 4.79 Å². The summed E-state index contributed by atoms with van der Waals surface area (Å²) < 4.78 is 32.8. The Morgan fingerprint density at radius 1 is 1.20 bits per heavy atom. The molecule has 3 heterocycles. The van der Waals surface area contributed by atoms with Crippen molar-refractivity contribution in [3.05, 3.63) is 66.7 Å². The van der Waals surface area contributed by atoms with Gasteiger partial charge in [0, 0.05) is 36.0 Å². The Morgan fingerprint density at radius 3 is 2.86 bits per heavy atom. The first-order valence-corrected chi connectivity index (χ1v) is 11.2. The van der Waals surface area contributed by atoms with E-state index in [4.69, 9.17) is 14.2 Å². The number of hydrogen-bond acceptors (Lipinski definition) is 6. The summed E-state index contributed by atoms with van der Waals surface area (Å²) in [5.41, 5.74) is 1.90. The molecule has 2 aromatic heterocycles. The fourth-order valence-electron chi connectivity index (χ4n) is 3.87. The van der Waals surface area contributed by atoms with Crippen molar-refractivity contribution in [1.82, 2.24) is 14.9 Å². The molecule has 5 rings (SSSR count). The highest BCUT2D eigenvalue weighted by Crippen LogP contribution is 2.37. The van der Waals surface area contributed by atoms with Crippen LogP contribution in [0.2, 0.25) is 0 Å². The Morgan fingerprint density at radius 2 is 2.03 bits per heavy atom. The molecule has 9 heteroatoms. The van der Waals surface area contributed by atoms with Gasteiger partial charge in [-0.1, -0.05) is 12.1 Å². The average molecular weight is 477 g/mol. The lowest BCUT2D eigenvalue weighted by molar-refractivity contribution is -0.125. The van der Waals surface area contributed by atoms with Crippen LogP contribution in [0.3, 0.4) is 0 Å². The van der Waals surface area contributed by atoms with Crippen LogP contribution in [0.25, 0.3) is 22.2 Å². The molecule has 0 radical (unpaired) electrons. The Labute approximate surface area is 201 Å². The summed E-state index contributed by atoms with van der Waals surface area (Å²) >= 11 is 0. The fraction of sp³-hybridized carbons (Fsp3) is 0.231. The van der Waals surface area contributed by atoms with E-state index in [0.717, 1.165) is 5.39 Å². The zero-order valence-electron chi connectivity index (χ0n) is 19.4. The minimum Gasteiger partial charge on any atom is -0.490 e. The van der Waals surface area contributed by atoms with Crippen molar-refractivity contribution in [3.8, 4) is 28.4 Å². The monoisotopic (exact) mass is 476 g/mol. The van der Waals surface area contributed by atoms with Gasteiger partial charge >= 0.3 is 0 Å². The molecule has 2 N–H and O–H groups in total. The molecule has 1 atom stereocenters. The number of amides is 1. The first-order chi connectivity index (χ1) is 17.0. The molecule has 1 aliphatic rings. The number of ether oxygens (including phenoxy) is 3. The van der Waals surface area contributed by atoms with Crippen LogP contribution in [0.15, 0.2) is 60.9 Å². The lowest BCUT2D eigenvalue weighted by Gasteiger charge is -2.26. The maximum atomic E-state index is 15.4. The smallest absolute Gasteiger partial charge is 0.269 e. The number of carbonyl (C=O) groups excluding carboxylic acids is 1. The van der Waals surface area contributed by atoms with E-state index in [1.54, 1.807) is 42.7 Å². The second-order valence-corrected chi connectivity index (χ2v) is 8.43. The van der Waals surface area contributed by atoms with Gasteiger partial charge in [0.25, 0.3) is 5.91 Å². The highest BCUT2D eigenvalue weighted by molar-refractivity contribution is 5.98. The maximum Gasteiger partial charge on any atom is 0.269 e. The number of nitrogens with one attached hydrogen (secondary N) is 2. The summed E-state index contributed by atoms with van der Waals surface area (Å²) in [5.74, 6) is 0.458. The standard InChI is InChI=1S/C26H25FN4O4/c1-31(2)11-12-33-23-13-18(16-7-9-28-25-17(16)8-10-29-25)19(27)14-20(23)30-26(32)24-15-34-21-5-3-4-6-22(21)35-24/h3-10,13-14,24H,11-12,15H2,1-2H3,(H,28,29)(H,30,32). The number of halogens is 1. The Bertz CT molecular complexity index is 1370. The van der Waals surface area contributed by atoms with E-state index in [0.29, 0.717) is 47.2 Å². The molecule has 8 nitrogen and oxygen atoms in total. The zero-order chi connectivity index (χ0) is 24.4. The third-order valence-corrected chi connectivity index (χ3v) is 5.67. The molecule has 1 unspecified atom stereocenters. The number of pyridine rings is 1. The molecule has 0 fully saturated rings. The molecule has 1 amide bonds. The molecule has 1 aliphatic heterocycles. The molecule has 35 heavy (non-hydrogen) atoms. The van der Waals surface area contributed by atoms with Crippen molar-refractivity contribution in [2.75, 3.05) is 39.2 Å². The number of para-hydroxylation sites is 2. The molecular weight excluding hydrogens is 451 g/mol. The predicted octanol–water partition coefficient (Wildman–Crippen LogP) is 4.09. The minimum atomic E-state index is -0.887. The van der Waals surface area contributed by atoms with Gasteiger partial charge in [0.05, 0.1) is 5.69 Å². The summed E-state index contributed by atoms with van der Waals surface area (Å²) in [6, 6.07) is 13.6. The van der Waals surface area contributed by atoms with Gasteiger partial charge in [-0.05, 0) is 50.0 Å². The maximum absolute atomic E-state index is 15.4. The van der Waals surface area contributed by atoms with Crippen molar-refractivity contribution in [3.63, 3.8) is 0 Å². The number of nitrogens with zero attached hydrogens (tertiary/aromatic N) is 2. The highest BCUT2D eigenvalue weighted by Gasteiger charge is 2.28. The largest absolute Gasteiger partial charge is 0.490 e. The van der Waals surface area contributed by atoms with Gasteiger partial charge < -0.3 is 29.4 Å². The van der Waals surface area contributed by atoms with Gasteiger partial charge in [0.2, 0.25) is 6.10 Å². The van der Waals surface area contributed by atoms with Crippen LogP contribution in [0.5, 0.6) is 17.2 Å². The highest BCUT2D eigenvalue weighted by atomic mass is 19.1. The second kappa shape index (κ2) is 9.63. The Hall–Kier alpha value is -4.11. The number of aromatic nitrogens is 2. The zero-order valence-corrected chi connectivity index (χ0v) is 19.4. The second-order valence-electron chi connectivity index (χ2n) is 8.43. The van der Waals surface area contributed by atoms with E-state index in [9.17, 15) is 4.79 Å².